The second-order valence-corrected chi connectivity index (χ2v) is 5.05. The summed E-state index contributed by atoms with van der Waals surface area (Å²) in [6.45, 7) is 3.41. The Morgan fingerprint density at radius 3 is 2.86 bits per heavy atom. The molecule has 0 heterocycles. The summed E-state index contributed by atoms with van der Waals surface area (Å²) in [5.74, 6) is 0.514. The van der Waals surface area contributed by atoms with E-state index in [1.807, 2.05) is 19.1 Å². The molecule has 0 saturated carbocycles. The van der Waals surface area contributed by atoms with Crippen molar-refractivity contribution in [3.05, 3.63) is 24.3 Å². The van der Waals surface area contributed by atoms with Gasteiger partial charge in [0.25, 0.3) is 0 Å². The highest BCUT2D eigenvalue weighted by atomic mass is 16.5. The van der Waals surface area contributed by atoms with Gasteiger partial charge in [0.2, 0.25) is 5.91 Å². The molecule has 6 heteroatoms. The first-order chi connectivity index (χ1) is 10.0. The van der Waals surface area contributed by atoms with E-state index in [2.05, 4.69) is 5.32 Å². The topological polar surface area (TPSA) is 87.8 Å². The Morgan fingerprint density at radius 1 is 1.48 bits per heavy atom. The van der Waals surface area contributed by atoms with Gasteiger partial charge in [0.15, 0.2) is 0 Å². The average Bonchev–Trinajstić information content (AvgIpc) is 2.44. The number of hydrogen-bond donors (Lipinski definition) is 3. The van der Waals surface area contributed by atoms with Gasteiger partial charge in [-0.2, -0.15) is 0 Å². The second-order valence-electron chi connectivity index (χ2n) is 5.05. The number of rotatable bonds is 9. The lowest BCUT2D eigenvalue weighted by Gasteiger charge is -2.20. The summed E-state index contributed by atoms with van der Waals surface area (Å²) >= 11 is 0. The van der Waals surface area contributed by atoms with Gasteiger partial charge in [0.1, 0.15) is 18.5 Å². The van der Waals surface area contributed by atoms with Gasteiger partial charge in [-0.05, 0) is 25.6 Å². The lowest BCUT2D eigenvalue weighted by atomic mass is 10.3. The van der Waals surface area contributed by atoms with E-state index in [0.717, 1.165) is 6.42 Å². The zero-order valence-corrected chi connectivity index (χ0v) is 12.7. The summed E-state index contributed by atoms with van der Waals surface area (Å²) in [6, 6.07) is 7.14. The number of likely N-dealkylation sites (N-methyl/N-ethyl adjacent to an activating group) is 1. The van der Waals surface area contributed by atoms with Crippen LogP contribution in [0.3, 0.4) is 0 Å². The summed E-state index contributed by atoms with van der Waals surface area (Å²) in [6.07, 6.45) is 0.221. The van der Waals surface area contributed by atoms with Crippen LogP contribution in [0, 0.1) is 0 Å². The molecule has 0 aliphatic carbocycles. The molecule has 0 fully saturated rings. The summed E-state index contributed by atoms with van der Waals surface area (Å²) in [5.41, 5.74) is 6.29. The quantitative estimate of drug-likeness (QED) is 0.576. The number of carbonyl (C=O) groups excluding carboxylic acids is 1. The molecule has 0 spiro atoms. The fourth-order valence-corrected chi connectivity index (χ4v) is 1.84. The van der Waals surface area contributed by atoms with Crippen molar-refractivity contribution in [1.29, 1.82) is 0 Å². The molecule has 118 valence electrons. The smallest absolute Gasteiger partial charge is 0.234 e. The molecule has 21 heavy (non-hydrogen) atoms. The molecule has 0 aromatic heterocycles. The molecule has 1 aromatic rings. The molecule has 1 aromatic carbocycles. The maximum Gasteiger partial charge on any atom is 0.234 e. The number of nitrogen functional groups attached to an aromatic ring is 1. The van der Waals surface area contributed by atoms with Crippen LogP contribution in [0.5, 0.6) is 5.75 Å². The molecule has 6 nitrogen and oxygen atoms in total. The minimum atomic E-state index is -0.686. The third kappa shape index (κ3) is 6.97. The largest absolute Gasteiger partial charge is 0.489 e. The van der Waals surface area contributed by atoms with Crippen molar-refractivity contribution in [3.8, 4) is 5.75 Å². The third-order valence-corrected chi connectivity index (χ3v) is 2.86. The first-order valence-electron chi connectivity index (χ1n) is 7.13. The lowest BCUT2D eigenvalue weighted by Crippen LogP contribution is -2.40. The van der Waals surface area contributed by atoms with E-state index in [9.17, 15) is 9.90 Å². The van der Waals surface area contributed by atoms with Crippen LogP contribution in [0.2, 0.25) is 0 Å². The van der Waals surface area contributed by atoms with Crippen LogP contribution in [-0.4, -0.2) is 55.3 Å². The number of aliphatic hydroxyl groups is 1. The number of nitrogens with two attached hydrogens (primary N) is 1. The van der Waals surface area contributed by atoms with Crippen molar-refractivity contribution in [2.45, 2.75) is 19.4 Å². The standard InChI is InChI=1S/C15H25N3O3/c1-3-8-17-15(20)10-18(2)9-12(19)11-21-14-7-5-4-6-13(14)16/h4-7,12,19H,3,8-11,16H2,1-2H3,(H,17,20). The van der Waals surface area contributed by atoms with Crippen molar-refractivity contribution in [3.63, 3.8) is 0 Å². The molecular formula is C15H25N3O3. The third-order valence-electron chi connectivity index (χ3n) is 2.86. The van der Waals surface area contributed by atoms with Crippen LogP contribution in [0.4, 0.5) is 5.69 Å². The Bertz CT molecular complexity index is 440. The van der Waals surface area contributed by atoms with Crippen molar-refractivity contribution < 1.29 is 14.6 Å². The van der Waals surface area contributed by atoms with E-state index in [0.29, 0.717) is 24.5 Å². The van der Waals surface area contributed by atoms with Crippen LogP contribution < -0.4 is 15.8 Å². The van der Waals surface area contributed by atoms with Crippen LogP contribution in [0.15, 0.2) is 24.3 Å². The summed E-state index contributed by atoms with van der Waals surface area (Å²) < 4.78 is 5.47. The molecule has 4 N–H and O–H groups in total. The summed E-state index contributed by atoms with van der Waals surface area (Å²) in [7, 11) is 1.78. The van der Waals surface area contributed by atoms with Crippen molar-refractivity contribution in [2.24, 2.45) is 0 Å². The number of aliphatic hydroxyl groups excluding tert-OH is 1. The highest BCUT2D eigenvalue weighted by Crippen LogP contribution is 2.19. The lowest BCUT2D eigenvalue weighted by molar-refractivity contribution is -0.122. The Kier molecular flexibility index (Phi) is 7.56. The monoisotopic (exact) mass is 295 g/mol. The molecule has 0 radical (unpaired) electrons. The maximum absolute atomic E-state index is 11.5. The Balaban J connectivity index is 2.28. The van der Waals surface area contributed by atoms with Crippen LogP contribution >= 0.6 is 0 Å². The minimum Gasteiger partial charge on any atom is -0.489 e. The van der Waals surface area contributed by atoms with Crippen molar-refractivity contribution in [2.75, 3.05) is 39.0 Å². The van der Waals surface area contributed by atoms with Gasteiger partial charge in [-0.1, -0.05) is 19.1 Å². The van der Waals surface area contributed by atoms with Gasteiger partial charge >= 0.3 is 0 Å². The minimum absolute atomic E-state index is 0.0419. The Hall–Kier alpha value is -1.79. The van der Waals surface area contributed by atoms with Gasteiger partial charge in [-0.25, -0.2) is 0 Å². The first-order valence-corrected chi connectivity index (χ1v) is 7.13. The van der Waals surface area contributed by atoms with E-state index < -0.39 is 6.10 Å². The van der Waals surface area contributed by atoms with E-state index in [4.69, 9.17) is 10.5 Å². The van der Waals surface area contributed by atoms with Crippen LogP contribution in [-0.2, 0) is 4.79 Å². The number of nitrogens with zero attached hydrogens (tertiary/aromatic N) is 1. The molecule has 1 atom stereocenters. The molecule has 0 saturated heterocycles. The SMILES string of the molecule is CCCNC(=O)CN(C)CC(O)COc1ccccc1N. The zero-order valence-electron chi connectivity index (χ0n) is 12.7. The molecule has 0 aliphatic heterocycles. The van der Waals surface area contributed by atoms with Gasteiger partial charge in [0, 0.05) is 13.1 Å². The number of hydrogen-bond acceptors (Lipinski definition) is 5. The normalized spacial score (nSPS) is 12.2. The molecule has 0 bridgehead atoms. The number of amides is 1. The fraction of sp³-hybridized carbons (Fsp3) is 0.533. The fourth-order valence-electron chi connectivity index (χ4n) is 1.84. The van der Waals surface area contributed by atoms with Crippen LogP contribution in [0.25, 0.3) is 0 Å². The molecule has 1 amide bonds. The van der Waals surface area contributed by atoms with E-state index in [-0.39, 0.29) is 19.1 Å². The second kappa shape index (κ2) is 9.20. The summed E-state index contributed by atoms with van der Waals surface area (Å²) in [4.78, 5) is 13.3. The molecule has 1 rings (SSSR count). The highest BCUT2D eigenvalue weighted by Gasteiger charge is 2.12. The average molecular weight is 295 g/mol. The van der Waals surface area contributed by atoms with E-state index in [1.54, 1.807) is 24.1 Å². The molecular weight excluding hydrogens is 270 g/mol. The van der Waals surface area contributed by atoms with Gasteiger partial charge < -0.3 is 20.9 Å². The molecule has 0 aliphatic rings. The predicted octanol–water partition coefficient (Wildman–Crippen LogP) is 0.467. The number of ether oxygens (including phenoxy) is 1. The zero-order chi connectivity index (χ0) is 15.7. The van der Waals surface area contributed by atoms with Crippen molar-refractivity contribution in [1.82, 2.24) is 10.2 Å². The number of carbonyl (C=O) groups is 1. The maximum atomic E-state index is 11.5. The number of anilines is 1. The Labute approximate surface area is 125 Å². The number of para-hydroxylation sites is 2. The highest BCUT2D eigenvalue weighted by molar-refractivity contribution is 5.77. The van der Waals surface area contributed by atoms with Crippen molar-refractivity contribution >= 4 is 11.6 Å². The molecule has 1 unspecified atom stereocenters. The first kappa shape index (κ1) is 17.3. The number of nitrogens with one attached hydrogen (secondary N) is 1. The van der Waals surface area contributed by atoms with E-state index in [1.165, 1.54) is 0 Å². The Morgan fingerprint density at radius 2 is 2.19 bits per heavy atom. The van der Waals surface area contributed by atoms with E-state index >= 15 is 0 Å². The van der Waals surface area contributed by atoms with Gasteiger partial charge in [0.05, 0.1) is 12.2 Å². The van der Waals surface area contributed by atoms with Crippen LogP contribution in [0.1, 0.15) is 13.3 Å². The predicted molar refractivity (Wildman–Crippen MR) is 83.2 cm³/mol. The van der Waals surface area contributed by atoms with Gasteiger partial charge in [-0.15, -0.1) is 0 Å². The number of benzene rings is 1. The van der Waals surface area contributed by atoms with Gasteiger partial charge in [-0.3, -0.25) is 9.69 Å². The summed E-state index contributed by atoms with van der Waals surface area (Å²) in [5, 5.41) is 12.7.